The predicted octanol–water partition coefficient (Wildman–Crippen LogP) is 2.64. The zero-order valence-electron chi connectivity index (χ0n) is 15.4. The van der Waals surface area contributed by atoms with Crippen molar-refractivity contribution < 1.29 is 18.9 Å². The molecular formula is C22H30O4. The highest BCUT2D eigenvalue weighted by Crippen LogP contribution is 2.65. The lowest BCUT2D eigenvalue weighted by atomic mass is 9.79. The molecule has 2 heterocycles. The summed E-state index contributed by atoms with van der Waals surface area (Å²) < 4.78 is 24.3. The third kappa shape index (κ3) is 1.81. The molecule has 4 heteroatoms. The quantitative estimate of drug-likeness (QED) is 0.560. The molecule has 8 fully saturated rings. The first-order chi connectivity index (χ1) is 12.8. The molecule has 14 atom stereocenters. The van der Waals surface area contributed by atoms with Gasteiger partial charge in [0.1, 0.15) is 0 Å². The Morgan fingerprint density at radius 2 is 1.08 bits per heavy atom. The van der Waals surface area contributed by atoms with Crippen LogP contribution in [0.15, 0.2) is 0 Å². The van der Waals surface area contributed by atoms with Crippen LogP contribution in [0.2, 0.25) is 0 Å². The maximum Gasteiger partial charge on any atom is 0.0875 e. The average molecular weight is 358 g/mol. The van der Waals surface area contributed by atoms with Crippen LogP contribution in [0, 0.1) is 47.3 Å². The van der Waals surface area contributed by atoms with Gasteiger partial charge in [0.15, 0.2) is 0 Å². The van der Waals surface area contributed by atoms with Gasteiger partial charge < -0.3 is 18.9 Å². The van der Waals surface area contributed by atoms with Crippen LogP contribution >= 0.6 is 0 Å². The molecule has 142 valence electrons. The Morgan fingerprint density at radius 3 is 1.58 bits per heavy atom. The fourth-order valence-corrected chi connectivity index (χ4v) is 9.32. The lowest BCUT2D eigenvalue weighted by Gasteiger charge is -2.34. The monoisotopic (exact) mass is 358 g/mol. The first-order valence-electron chi connectivity index (χ1n) is 11.4. The van der Waals surface area contributed by atoms with E-state index in [0.717, 1.165) is 60.6 Å². The Labute approximate surface area is 155 Å². The molecule has 4 bridgehead atoms. The van der Waals surface area contributed by atoms with E-state index in [0.29, 0.717) is 36.6 Å². The molecule has 0 spiro atoms. The summed E-state index contributed by atoms with van der Waals surface area (Å²) in [6.07, 6.45) is 11.6. The van der Waals surface area contributed by atoms with Crippen molar-refractivity contribution in [1.82, 2.24) is 0 Å². The van der Waals surface area contributed by atoms with E-state index in [1.165, 1.54) is 38.5 Å². The predicted molar refractivity (Wildman–Crippen MR) is 92.4 cm³/mol. The summed E-state index contributed by atoms with van der Waals surface area (Å²) in [7, 11) is 0. The Bertz CT molecular complexity index is 584. The third-order valence-corrected chi connectivity index (χ3v) is 10.1. The molecule has 0 N–H and O–H groups in total. The SMILES string of the molecule is C(COC1CC2CC1C1CC3OC3C21)OC1CC2CC1C1CC3OC3C21. The van der Waals surface area contributed by atoms with Crippen LogP contribution in [0.25, 0.3) is 0 Å². The maximum atomic E-state index is 6.36. The van der Waals surface area contributed by atoms with Crippen LogP contribution in [0.1, 0.15) is 38.5 Å². The van der Waals surface area contributed by atoms with Gasteiger partial charge in [0.05, 0.1) is 49.8 Å². The standard InChI is InChI=1S/C22H30O4/c1(23-15-5-9-3-11(15)13-7-17-21(25-17)19(9)13)2-24-16-6-10-4-12(16)14-8-18-22(26-18)20(10)14/h9-22H,1-8H2. The lowest BCUT2D eigenvalue weighted by Crippen LogP contribution is -2.35. The van der Waals surface area contributed by atoms with Gasteiger partial charge in [-0.3, -0.25) is 0 Å². The summed E-state index contributed by atoms with van der Waals surface area (Å²) in [6, 6.07) is 0. The number of rotatable bonds is 5. The van der Waals surface area contributed by atoms with Gasteiger partial charge in [0.2, 0.25) is 0 Å². The van der Waals surface area contributed by atoms with Gasteiger partial charge in [-0.1, -0.05) is 0 Å². The Balaban J connectivity index is 0.847. The third-order valence-electron chi connectivity index (χ3n) is 10.1. The molecule has 8 aliphatic rings. The molecular weight excluding hydrogens is 328 g/mol. The normalized spacial score (nSPS) is 67.4. The fraction of sp³-hybridized carbons (Fsp3) is 1.00. The van der Waals surface area contributed by atoms with Crippen LogP contribution in [-0.2, 0) is 18.9 Å². The van der Waals surface area contributed by atoms with Gasteiger partial charge in [-0.15, -0.1) is 0 Å². The van der Waals surface area contributed by atoms with Crippen molar-refractivity contribution >= 4 is 0 Å². The highest BCUT2D eigenvalue weighted by atomic mass is 16.6. The van der Waals surface area contributed by atoms with Crippen LogP contribution < -0.4 is 0 Å². The van der Waals surface area contributed by atoms with Crippen LogP contribution in [0.3, 0.4) is 0 Å². The number of hydrogen-bond acceptors (Lipinski definition) is 4. The molecule has 0 aromatic carbocycles. The van der Waals surface area contributed by atoms with Crippen molar-refractivity contribution in [2.45, 2.75) is 75.1 Å². The van der Waals surface area contributed by atoms with Crippen LogP contribution in [-0.4, -0.2) is 49.8 Å². The number of epoxide rings is 2. The Hall–Kier alpha value is -0.160. The topological polar surface area (TPSA) is 43.5 Å². The van der Waals surface area contributed by atoms with Crippen molar-refractivity contribution in [3.8, 4) is 0 Å². The van der Waals surface area contributed by atoms with E-state index in [-0.39, 0.29) is 0 Å². The largest absolute Gasteiger partial charge is 0.376 e. The van der Waals surface area contributed by atoms with E-state index in [2.05, 4.69) is 0 Å². The second-order valence-electron chi connectivity index (χ2n) is 10.8. The highest BCUT2D eigenvalue weighted by Gasteiger charge is 2.67. The summed E-state index contributed by atoms with van der Waals surface area (Å²) in [6.45, 7) is 1.62. The van der Waals surface area contributed by atoms with Crippen molar-refractivity contribution in [2.75, 3.05) is 13.2 Å². The summed E-state index contributed by atoms with van der Waals surface area (Å²) in [5.41, 5.74) is 0. The summed E-state index contributed by atoms with van der Waals surface area (Å²) in [5, 5.41) is 0. The second-order valence-corrected chi connectivity index (χ2v) is 10.8. The van der Waals surface area contributed by atoms with Crippen molar-refractivity contribution in [3.05, 3.63) is 0 Å². The minimum atomic E-state index is 0.519. The highest BCUT2D eigenvalue weighted by molar-refractivity contribution is 5.15. The van der Waals surface area contributed by atoms with E-state index in [1.54, 1.807) is 0 Å². The molecule has 0 aromatic rings. The summed E-state index contributed by atoms with van der Waals surface area (Å²) >= 11 is 0. The molecule has 2 saturated heterocycles. The van der Waals surface area contributed by atoms with E-state index in [4.69, 9.17) is 18.9 Å². The molecule has 8 rings (SSSR count). The Morgan fingerprint density at radius 1 is 0.577 bits per heavy atom. The molecule has 14 unspecified atom stereocenters. The van der Waals surface area contributed by atoms with E-state index in [9.17, 15) is 0 Å². The van der Waals surface area contributed by atoms with E-state index >= 15 is 0 Å². The van der Waals surface area contributed by atoms with Gasteiger partial charge in [-0.25, -0.2) is 0 Å². The molecule has 0 aromatic heterocycles. The van der Waals surface area contributed by atoms with Crippen LogP contribution in [0.4, 0.5) is 0 Å². The Kier molecular flexibility index (Phi) is 2.77. The molecule has 4 nitrogen and oxygen atoms in total. The summed E-state index contributed by atoms with van der Waals surface area (Å²) in [4.78, 5) is 0. The fourth-order valence-electron chi connectivity index (χ4n) is 9.32. The van der Waals surface area contributed by atoms with E-state index in [1.807, 2.05) is 0 Å². The van der Waals surface area contributed by atoms with Gasteiger partial charge >= 0.3 is 0 Å². The first kappa shape index (κ1) is 14.8. The average Bonchev–Trinajstić information content (AvgIpc) is 3.20. The van der Waals surface area contributed by atoms with Gasteiger partial charge in [-0.05, 0) is 85.9 Å². The van der Waals surface area contributed by atoms with Crippen LogP contribution in [0.5, 0.6) is 0 Å². The van der Waals surface area contributed by atoms with Gasteiger partial charge in [0, 0.05) is 0 Å². The van der Waals surface area contributed by atoms with E-state index < -0.39 is 0 Å². The van der Waals surface area contributed by atoms with Crippen molar-refractivity contribution in [1.29, 1.82) is 0 Å². The first-order valence-corrected chi connectivity index (χ1v) is 11.4. The molecule has 6 saturated carbocycles. The number of ether oxygens (including phenoxy) is 4. The zero-order valence-corrected chi connectivity index (χ0v) is 15.4. The molecule has 26 heavy (non-hydrogen) atoms. The van der Waals surface area contributed by atoms with Gasteiger partial charge in [-0.2, -0.15) is 0 Å². The minimum absolute atomic E-state index is 0.519. The van der Waals surface area contributed by atoms with Gasteiger partial charge in [0.25, 0.3) is 0 Å². The smallest absolute Gasteiger partial charge is 0.0875 e. The van der Waals surface area contributed by atoms with Crippen molar-refractivity contribution in [2.24, 2.45) is 47.3 Å². The molecule has 2 aliphatic heterocycles. The number of fused-ring (bicyclic) bond motifs is 14. The second kappa shape index (κ2) is 4.87. The number of hydrogen-bond donors (Lipinski definition) is 0. The van der Waals surface area contributed by atoms with Crippen molar-refractivity contribution in [3.63, 3.8) is 0 Å². The maximum absolute atomic E-state index is 6.36. The minimum Gasteiger partial charge on any atom is -0.376 e. The summed E-state index contributed by atoms with van der Waals surface area (Å²) in [5.74, 6) is 7.07. The molecule has 0 radical (unpaired) electrons. The molecule has 0 amide bonds. The molecule has 6 aliphatic carbocycles. The lowest BCUT2D eigenvalue weighted by molar-refractivity contribution is -0.0746. The zero-order chi connectivity index (χ0) is 16.6.